The first-order valence-corrected chi connectivity index (χ1v) is 41.6. The molecule has 1 fully saturated rings. The van der Waals surface area contributed by atoms with E-state index in [1.807, 2.05) is 0 Å². The number of carboxylic acids is 1. The van der Waals surface area contributed by atoms with E-state index in [0.29, 0.717) is 51.8 Å². The van der Waals surface area contributed by atoms with E-state index in [1.54, 1.807) is 20.8 Å². The Morgan fingerprint density at radius 3 is 1.96 bits per heavy atom. The van der Waals surface area contributed by atoms with E-state index in [9.17, 15) is 74.8 Å². The molecule has 0 spiro atoms. The Morgan fingerprint density at radius 1 is 0.796 bits per heavy atom. The number of aromatic nitrogens is 3. The number of nitrogen functional groups attached to an aromatic ring is 2. The van der Waals surface area contributed by atoms with Gasteiger partial charge in [0, 0.05) is 53.7 Å². The van der Waals surface area contributed by atoms with Crippen LogP contribution in [0.3, 0.4) is 0 Å². The number of benzene rings is 4. The van der Waals surface area contributed by atoms with Gasteiger partial charge in [0.15, 0.2) is 16.2 Å². The van der Waals surface area contributed by atoms with Crippen molar-refractivity contribution >= 4 is 94.7 Å². The number of aliphatic hydroxyl groups is 1. The molecule has 620 valence electrons. The highest BCUT2D eigenvalue weighted by Gasteiger charge is 2.44. The Bertz CT molecular complexity index is 4980. The van der Waals surface area contributed by atoms with Crippen LogP contribution in [0.5, 0.6) is 5.75 Å². The van der Waals surface area contributed by atoms with Crippen LogP contribution in [0.4, 0.5) is 17.2 Å². The molecule has 47 heteroatoms. The maximum absolute atomic E-state index is 13.9. The summed E-state index contributed by atoms with van der Waals surface area (Å²) in [4.78, 5) is 81.0. The number of fused-ring (bicyclic) bond motifs is 3. The molecule has 0 saturated carbocycles. The molecule has 3 aromatic carbocycles. The van der Waals surface area contributed by atoms with E-state index in [2.05, 4.69) is 45.0 Å². The second-order valence-corrected chi connectivity index (χ2v) is 32.9. The minimum atomic E-state index is -5.82. The summed E-state index contributed by atoms with van der Waals surface area (Å²) < 4.78 is 182. The molecule has 42 nitrogen and oxygen atoms in total. The number of hydrogen-bond donors (Lipinski definition) is 12. The number of nitrogens with zero attached hydrogens (tertiary/aromatic N) is 4. The molecule has 4 heterocycles. The molecule has 3 aliphatic rings. The lowest BCUT2D eigenvalue weighted by atomic mass is 9.83. The summed E-state index contributed by atoms with van der Waals surface area (Å²) >= 11 is 0. The summed E-state index contributed by atoms with van der Waals surface area (Å²) in [5, 5.41) is 44.2. The SMILES string of the molecule is COc1cc([C@@H](OCc2cn([C@H]3C[C@H](O)[C@@H](COP(=O)(O)OP(=O)(O)OP(=O)(O)O)O3)c3ncnc(N)c23)C(C)(C)C)c([N+](=O)[O-])cc1C#CCNC(=O)CCOCCOCCOCCOCCOCCOCCOCCOCCNS(=O)(=O)c1c(N)ccc2c(-c3ccccc3C(=O)O)c3ccc(=N)c(S(=O)(=O)O)c-3oc12. The number of amides is 1. The van der Waals surface area contributed by atoms with Crippen molar-refractivity contribution in [1.29, 1.82) is 5.41 Å². The molecule has 14 N–H and O–H groups in total. The summed E-state index contributed by atoms with van der Waals surface area (Å²) in [5.41, 5.74) is 11.2. The van der Waals surface area contributed by atoms with Gasteiger partial charge in [0.1, 0.15) is 40.8 Å². The number of carboxylic acid groups (broad SMARTS) is 1. The topological polar surface area (TPSA) is 611 Å². The van der Waals surface area contributed by atoms with E-state index in [0.717, 1.165) is 12.4 Å². The molecule has 0 radical (unpaired) electrons. The number of nitrogens with one attached hydrogen (secondary N) is 3. The molecule has 5 aromatic rings. The number of anilines is 2. The van der Waals surface area contributed by atoms with Crippen LogP contribution in [0.2, 0.25) is 0 Å². The zero-order valence-corrected chi connectivity index (χ0v) is 65.5. The van der Waals surface area contributed by atoms with Crippen molar-refractivity contribution in [2.24, 2.45) is 5.41 Å². The van der Waals surface area contributed by atoms with E-state index in [1.165, 1.54) is 72.5 Å². The lowest BCUT2D eigenvalue weighted by Gasteiger charge is -2.31. The fraction of sp³-hybridized carbons (Fsp3) is 0.470. The Labute approximate surface area is 645 Å². The largest absolute Gasteiger partial charge is 0.495 e. The first-order valence-electron chi connectivity index (χ1n) is 34.2. The van der Waals surface area contributed by atoms with E-state index < -0.39 is 118 Å². The third-order valence-corrected chi connectivity index (χ3v) is 22.5. The number of nitro groups is 1. The highest BCUT2D eigenvalue weighted by Crippen LogP contribution is 2.66. The second-order valence-electron chi connectivity index (χ2n) is 25.4. The van der Waals surface area contributed by atoms with Gasteiger partial charge >= 0.3 is 29.4 Å². The van der Waals surface area contributed by atoms with Crippen LogP contribution in [-0.2, 0) is 106 Å². The zero-order chi connectivity index (χ0) is 82.5. The highest BCUT2D eigenvalue weighted by atomic mass is 32.2. The Hall–Kier alpha value is -7.94. The van der Waals surface area contributed by atoms with Crippen LogP contribution in [-0.4, -0.2) is 227 Å². The Morgan fingerprint density at radius 2 is 1.39 bits per heavy atom. The van der Waals surface area contributed by atoms with Gasteiger partial charge in [-0.05, 0) is 47.4 Å². The normalized spacial score (nSPS) is 16.2. The number of aromatic carboxylic acids is 1. The fourth-order valence-electron chi connectivity index (χ4n) is 11.4. The monoisotopic (exact) mass is 1690 g/mol. The average Bonchev–Trinajstić information content (AvgIpc) is 1.43. The van der Waals surface area contributed by atoms with Gasteiger partial charge in [-0.3, -0.25) is 29.4 Å². The van der Waals surface area contributed by atoms with Crippen LogP contribution in [0, 0.1) is 32.8 Å². The predicted octanol–water partition coefficient (Wildman–Crippen LogP) is 4.72. The average molecular weight is 1690 g/mol. The minimum absolute atomic E-state index is 0.000709. The van der Waals surface area contributed by atoms with Crippen LogP contribution in [0.15, 0.2) is 87.4 Å². The molecule has 113 heavy (non-hydrogen) atoms. The van der Waals surface area contributed by atoms with Crippen molar-refractivity contribution < 1.29 is 149 Å². The maximum atomic E-state index is 13.9. The van der Waals surface area contributed by atoms with Crippen molar-refractivity contribution in [3.8, 4) is 40.0 Å². The number of nitro benzene ring substituents is 1. The summed E-state index contributed by atoms with van der Waals surface area (Å²) in [6, 6.07) is 13.4. The number of aliphatic hydroxyl groups excluding tert-OH is 1. The molecule has 6 atom stereocenters. The first-order chi connectivity index (χ1) is 53.4. The Balaban J connectivity index is 0.647. The van der Waals surface area contributed by atoms with Crippen molar-refractivity contribution in [3.05, 3.63) is 111 Å². The summed E-state index contributed by atoms with van der Waals surface area (Å²) in [6.07, 6.45) is -2.36. The number of phosphoric acid groups is 3. The van der Waals surface area contributed by atoms with Crippen molar-refractivity contribution in [1.82, 2.24) is 24.6 Å². The van der Waals surface area contributed by atoms with Gasteiger partial charge in [0.05, 0.1) is 183 Å². The van der Waals surface area contributed by atoms with Crippen LogP contribution in [0.1, 0.15) is 73.0 Å². The zero-order valence-electron chi connectivity index (χ0n) is 61.1. The van der Waals surface area contributed by atoms with Gasteiger partial charge in [-0.25, -0.2) is 41.6 Å². The second kappa shape index (κ2) is 41.1. The first kappa shape index (κ1) is 90.6. The van der Waals surface area contributed by atoms with Gasteiger partial charge in [0.2, 0.25) is 15.9 Å². The van der Waals surface area contributed by atoms with Crippen molar-refractivity contribution in [2.75, 3.05) is 144 Å². The number of nitrogens with two attached hydrogens (primary N) is 2. The van der Waals surface area contributed by atoms with Crippen LogP contribution >= 0.6 is 23.5 Å². The Kier molecular flexibility index (Phi) is 32.9. The molecule has 2 aromatic heterocycles. The maximum Gasteiger partial charge on any atom is 0.490 e. The number of carbonyl (C=O) groups is 2. The minimum Gasteiger partial charge on any atom is -0.495 e. The highest BCUT2D eigenvalue weighted by molar-refractivity contribution is 7.90. The predicted molar refractivity (Wildman–Crippen MR) is 394 cm³/mol. The number of rotatable bonds is 47. The molecule has 2 aliphatic heterocycles. The van der Waals surface area contributed by atoms with E-state index >= 15 is 0 Å². The van der Waals surface area contributed by atoms with E-state index in [4.69, 9.17) is 83.2 Å². The van der Waals surface area contributed by atoms with Crippen molar-refractivity contribution in [2.45, 2.75) is 74.6 Å². The summed E-state index contributed by atoms with van der Waals surface area (Å²) in [6.45, 7) is 7.44. The number of hydrogen-bond acceptors (Lipinski definition) is 32. The van der Waals surface area contributed by atoms with Gasteiger partial charge < -0.3 is 108 Å². The smallest absolute Gasteiger partial charge is 0.490 e. The molecule has 8 rings (SSSR count). The van der Waals surface area contributed by atoms with E-state index in [-0.39, 0.29) is 171 Å². The molecule has 2 unspecified atom stereocenters. The molecule has 1 amide bonds. The summed E-state index contributed by atoms with van der Waals surface area (Å²) in [5.74, 6) is 3.46. The molecular formula is C66H86N9O33P3S2. The lowest BCUT2D eigenvalue weighted by Crippen LogP contribution is -2.29. The number of phosphoric ester groups is 1. The third-order valence-electron chi connectivity index (χ3n) is 16.2. The summed E-state index contributed by atoms with van der Waals surface area (Å²) in [7, 11) is -25.4. The van der Waals surface area contributed by atoms with Gasteiger partial charge in [-0.1, -0.05) is 50.8 Å². The quantitative estimate of drug-likeness (QED) is 0.00359. The molecule has 1 saturated heterocycles. The number of methoxy groups -OCH3 is 1. The fourth-order valence-corrected chi connectivity index (χ4v) is 16.4. The van der Waals surface area contributed by atoms with Gasteiger partial charge in [0.25, 0.3) is 15.8 Å². The number of sulfonamides is 1. The lowest BCUT2D eigenvalue weighted by molar-refractivity contribution is -0.386. The molecule has 0 bridgehead atoms. The molecule has 1 aliphatic carbocycles. The van der Waals surface area contributed by atoms with Gasteiger partial charge in [-0.2, -0.15) is 17.0 Å². The van der Waals surface area contributed by atoms with Gasteiger partial charge in [-0.15, -0.1) is 0 Å². The standard InChI is InChI=1S/C66H86N9O33P3S2/c1-66(2,3)62(103-38-42-37-74(64-56(42)63(69)71-40-72-64)55-36-51(76)53(105-55)39-104-110(85,86)108-111(87,88)107-109(82,83)84)47-35-52(94-4)41(34-50(47)75(80)81)8-7-16-70-54(77)15-18-95-20-22-97-24-26-99-28-30-101-32-33-102-31-29-100-27-25-98-23-21-96-19-17-73-112(89,90)60-48(67)13-11-45-57(43-9-5-6-10-44(43)65(78)79)46-12-14-49(68)61(113(91,92)93)59(46)106-58(45)60/h5-6,9-14,34-35,37,40,51,53,55,62,68,73,76H,15-33,36,38-39,67H2,1-4H3,(H,70,77)(H,78,79)(H,85,86)(H,87,88)(H2,69,71,72)(H2,82,83,84)(H,91,92,93)/t51-,53+,55+,62+/m0/s1. The van der Waals surface area contributed by atoms with Crippen LogP contribution in [0.25, 0.3) is 44.5 Å². The number of carbonyl (C=O) groups excluding carboxylic acids is 1. The third kappa shape index (κ3) is 26.0. The van der Waals surface area contributed by atoms with Crippen molar-refractivity contribution in [3.63, 3.8) is 0 Å². The molecular weight excluding hydrogens is 1600 g/mol. The van der Waals surface area contributed by atoms with Crippen LogP contribution < -0.4 is 31.6 Å². The number of ether oxygens (including phenoxy) is 11.